The maximum atomic E-state index is 3.25. The van der Waals surface area contributed by atoms with E-state index in [1.54, 1.807) is 13.8 Å². The number of rotatable bonds is 0. The van der Waals surface area contributed by atoms with Gasteiger partial charge in [-0.25, -0.2) is 0 Å². The van der Waals surface area contributed by atoms with Crippen LogP contribution < -0.4 is 0 Å². The Morgan fingerprint density at radius 3 is 0.600 bits per heavy atom. The Morgan fingerprint density at radius 1 is 0.467 bits per heavy atom. The van der Waals surface area contributed by atoms with Crippen LogP contribution in [0.5, 0.6) is 0 Å². The Hall–Kier alpha value is 0.272. The minimum atomic E-state index is 0. The van der Waals surface area contributed by atoms with E-state index in [1.807, 2.05) is 64.1 Å². The molecular formula is C14H28U. The maximum absolute atomic E-state index is 3.25. The quantitative estimate of drug-likeness (QED) is 0.479. The summed E-state index contributed by atoms with van der Waals surface area (Å²) in [6.45, 7) is 18.0. The third-order valence-corrected chi connectivity index (χ3v) is 0.667. The third-order valence-electron chi connectivity index (χ3n) is 0.667. The average molecular weight is 434 g/mol. The minimum Gasteiger partial charge on any atom is -0.346 e. The zero-order chi connectivity index (χ0) is 12.2. The van der Waals surface area contributed by atoms with Crippen LogP contribution in [0, 0.1) is 45.0 Å². The second kappa shape index (κ2) is 63.9. The van der Waals surface area contributed by atoms with Crippen molar-refractivity contribution in [2.75, 3.05) is 0 Å². The fraction of sp³-hybridized carbons (Fsp3) is 0.429. The molecule has 0 atom stereocenters. The van der Waals surface area contributed by atoms with Crippen molar-refractivity contribution in [1.82, 2.24) is 0 Å². The molecule has 15 heavy (non-hydrogen) atoms. The fourth-order valence-corrected chi connectivity index (χ4v) is 0.385. The van der Waals surface area contributed by atoms with Crippen LogP contribution in [0.15, 0.2) is 36.4 Å². The van der Waals surface area contributed by atoms with Crippen LogP contribution in [0.2, 0.25) is 0 Å². The molecule has 0 fully saturated rings. The molecule has 88 valence electrons. The van der Waals surface area contributed by atoms with Crippen molar-refractivity contribution in [3.63, 3.8) is 0 Å². The molecule has 0 saturated heterocycles. The largest absolute Gasteiger partial charge is 2.00 e. The van der Waals surface area contributed by atoms with Crippen molar-refractivity contribution < 1.29 is 31.1 Å². The van der Waals surface area contributed by atoms with Gasteiger partial charge in [0, 0.05) is 0 Å². The normalized spacial score (nSPS) is 4.80. The van der Waals surface area contributed by atoms with Crippen LogP contribution >= 0.6 is 0 Å². The number of hydrogen-bond donors (Lipinski definition) is 0. The van der Waals surface area contributed by atoms with Crippen molar-refractivity contribution in [3.8, 4) is 0 Å². The van der Waals surface area contributed by atoms with Gasteiger partial charge in [-0.1, -0.05) is 64.1 Å². The van der Waals surface area contributed by atoms with Crippen molar-refractivity contribution in [2.24, 2.45) is 0 Å². The molecule has 0 nitrogen and oxygen atoms in total. The summed E-state index contributed by atoms with van der Waals surface area (Å²) >= 11 is 0. The van der Waals surface area contributed by atoms with Gasteiger partial charge in [0.1, 0.15) is 0 Å². The van der Waals surface area contributed by atoms with Crippen LogP contribution in [0.1, 0.15) is 41.5 Å². The molecule has 0 aliphatic rings. The molecule has 0 amide bonds. The second-order valence-corrected chi connectivity index (χ2v) is 1.15. The van der Waals surface area contributed by atoms with Crippen LogP contribution in [-0.4, -0.2) is 0 Å². The molecule has 0 aromatic heterocycles. The Kier molecular flexibility index (Phi) is 126. The average Bonchev–Trinajstić information content (AvgIpc) is 2.41. The summed E-state index contributed by atoms with van der Waals surface area (Å²) in [6.07, 6.45) is 0. The molecule has 0 aliphatic heterocycles. The summed E-state index contributed by atoms with van der Waals surface area (Å²) in [4.78, 5) is 0. The summed E-state index contributed by atoms with van der Waals surface area (Å²) in [5.74, 6) is 0. The number of hydrogen-bond acceptors (Lipinski definition) is 0. The van der Waals surface area contributed by atoms with E-state index in [0.717, 1.165) is 0 Å². The summed E-state index contributed by atoms with van der Waals surface area (Å²) in [7, 11) is 0. The summed E-state index contributed by atoms with van der Waals surface area (Å²) in [6, 6.07) is 12.0. The molecule has 0 bridgehead atoms. The third kappa shape index (κ3) is 54.6. The van der Waals surface area contributed by atoms with Gasteiger partial charge in [0.2, 0.25) is 0 Å². The first-order chi connectivity index (χ1) is 7.00. The molecule has 0 unspecified atom stereocenters. The fourth-order valence-electron chi connectivity index (χ4n) is 0.385. The van der Waals surface area contributed by atoms with E-state index in [-0.39, 0.29) is 31.1 Å². The van der Waals surface area contributed by atoms with Gasteiger partial charge in [-0.05, 0) is 0 Å². The smallest absolute Gasteiger partial charge is 0.346 e. The molecule has 0 N–H and O–H groups in total. The molecule has 1 rings (SSSR count). The van der Waals surface area contributed by atoms with Gasteiger partial charge in [0.25, 0.3) is 0 Å². The van der Waals surface area contributed by atoms with Crippen molar-refractivity contribution in [2.45, 2.75) is 41.5 Å². The van der Waals surface area contributed by atoms with E-state index >= 15 is 0 Å². The van der Waals surface area contributed by atoms with Gasteiger partial charge in [0.15, 0.2) is 0 Å². The first-order valence-corrected chi connectivity index (χ1v) is 5.41. The molecule has 1 aromatic carbocycles. The van der Waals surface area contributed by atoms with E-state index in [1.165, 1.54) is 0 Å². The van der Waals surface area contributed by atoms with Gasteiger partial charge in [-0.15, -0.1) is 0 Å². The standard InChI is InChI=1S/C6H6.2C2H6.2C2H5.U/c1-2-4-6-5-3-1;4*1-2;/h1-6H;2*1-2H3;2*1H2,2H3;/q;;;2*-1;+2. The molecule has 0 heterocycles. The van der Waals surface area contributed by atoms with E-state index in [4.69, 9.17) is 0 Å². The zero-order valence-corrected chi connectivity index (χ0v) is 15.5. The molecule has 1 heteroatoms. The predicted octanol–water partition coefficient (Wildman–Crippen LogP) is 5.42. The first kappa shape index (κ1) is 29.5. The van der Waals surface area contributed by atoms with Crippen LogP contribution in [0.3, 0.4) is 0 Å². The van der Waals surface area contributed by atoms with Crippen LogP contribution in [0.4, 0.5) is 0 Å². The van der Waals surface area contributed by atoms with Gasteiger partial charge >= 0.3 is 31.1 Å². The molecule has 1 aromatic rings. The topological polar surface area (TPSA) is 0 Å². The molecule has 0 spiro atoms. The van der Waals surface area contributed by atoms with E-state index in [0.29, 0.717) is 0 Å². The SMILES string of the molecule is CC.CC.[CH2-]C.[CH2-]C.[U+2].c1ccccc1. The Labute approximate surface area is 122 Å². The zero-order valence-electron chi connectivity index (χ0n) is 11.4. The summed E-state index contributed by atoms with van der Waals surface area (Å²) in [5.41, 5.74) is 0. The van der Waals surface area contributed by atoms with Gasteiger partial charge in [-0.3, -0.25) is 0 Å². The van der Waals surface area contributed by atoms with Gasteiger partial charge < -0.3 is 13.8 Å². The molecule has 0 radical (unpaired) electrons. The van der Waals surface area contributed by atoms with E-state index in [9.17, 15) is 0 Å². The summed E-state index contributed by atoms with van der Waals surface area (Å²) in [5, 5.41) is 0. The van der Waals surface area contributed by atoms with Crippen LogP contribution in [-0.2, 0) is 0 Å². The monoisotopic (exact) mass is 434 g/mol. The minimum absolute atomic E-state index is 0. The molecular weight excluding hydrogens is 406 g/mol. The molecule has 0 aliphatic carbocycles. The number of benzene rings is 1. The predicted molar refractivity (Wildman–Crippen MR) is 71.2 cm³/mol. The van der Waals surface area contributed by atoms with Gasteiger partial charge in [-0.2, -0.15) is 13.8 Å². The maximum Gasteiger partial charge on any atom is 2.00 e. The second-order valence-electron chi connectivity index (χ2n) is 1.15. The van der Waals surface area contributed by atoms with Crippen molar-refractivity contribution in [3.05, 3.63) is 50.2 Å². The Bertz CT molecular complexity index is 77.3. The Balaban J connectivity index is -0.0000000325. The first-order valence-electron chi connectivity index (χ1n) is 5.41. The van der Waals surface area contributed by atoms with Crippen molar-refractivity contribution in [1.29, 1.82) is 0 Å². The van der Waals surface area contributed by atoms with E-state index < -0.39 is 0 Å². The van der Waals surface area contributed by atoms with Crippen molar-refractivity contribution >= 4 is 0 Å². The molecule has 0 saturated carbocycles. The Morgan fingerprint density at radius 2 is 0.533 bits per heavy atom. The van der Waals surface area contributed by atoms with E-state index in [2.05, 4.69) is 13.8 Å². The van der Waals surface area contributed by atoms with Crippen LogP contribution in [0.25, 0.3) is 0 Å². The summed E-state index contributed by atoms with van der Waals surface area (Å²) < 4.78 is 0. The van der Waals surface area contributed by atoms with Gasteiger partial charge in [0.05, 0.1) is 0 Å².